The Balaban J connectivity index is 2.42. The summed E-state index contributed by atoms with van der Waals surface area (Å²) in [6, 6.07) is 1.96. The van der Waals surface area contributed by atoms with Gasteiger partial charge in [-0.3, -0.25) is 10.1 Å². The number of aromatic amines is 1. The molecule has 0 spiro atoms. The molecule has 2 aromatic heterocycles. The minimum Gasteiger partial charge on any atom is -0.327 e. The van der Waals surface area contributed by atoms with E-state index in [9.17, 15) is 0 Å². The number of nitrogens with zero attached hydrogens (tertiary/aromatic N) is 2. The molecule has 13 heavy (non-hydrogen) atoms. The zero-order valence-electron chi connectivity index (χ0n) is 7.07. The molecule has 0 saturated carbocycles. The van der Waals surface area contributed by atoms with Gasteiger partial charge in [0.15, 0.2) is 0 Å². The molecule has 2 aromatic rings. The van der Waals surface area contributed by atoms with Gasteiger partial charge >= 0.3 is 0 Å². The Morgan fingerprint density at radius 2 is 2.38 bits per heavy atom. The standard InChI is InChI=1S/C9H10N4/c10-3-1-2-8-4-7-5-12-13-9(7)6-11-8/h1-2,4-6H,3,10H2,(H,12,13). The first-order valence-corrected chi connectivity index (χ1v) is 4.06. The lowest BCUT2D eigenvalue weighted by atomic mass is 10.2. The van der Waals surface area contributed by atoms with Crippen LogP contribution in [0.25, 0.3) is 17.0 Å². The number of hydrogen-bond acceptors (Lipinski definition) is 3. The zero-order chi connectivity index (χ0) is 9.10. The summed E-state index contributed by atoms with van der Waals surface area (Å²) in [5.74, 6) is 0. The topological polar surface area (TPSA) is 67.6 Å². The molecule has 0 aliphatic rings. The Hall–Kier alpha value is -1.68. The first kappa shape index (κ1) is 7.94. The van der Waals surface area contributed by atoms with Crippen molar-refractivity contribution in [3.8, 4) is 0 Å². The van der Waals surface area contributed by atoms with Crippen molar-refractivity contribution in [1.82, 2.24) is 15.2 Å². The van der Waals surface area contributed by atoms with Gasteiger partial charge in [-0.15, -0.1) is 0 Å². The summed E-state index contributed by atoms with van der Waals surface area (Å²) in [5.41, 5.74) is 7.19. The van der Waals surface area contributed by atoms with E-state index in [-0.39, 0.29) is 0 Å². The lowest BCUT2D eigenvalue weighted by Crippen LogP contribution is -1.92. The van der Waals surface area contributed by atoms with Crippen LogP contribution in [0.3, 0.4) is 0 Å². The molecular weight excluding hydrogens is 164 g/mol. The van der Waals surface area contributed by atoms with Gasteiger partial charge in [-0.1, -0.05) is 6.08 Å². The molecule has 0 atom stereocenters. The van der Waals surface area contributed by atoms with Crippen LogP contribution in [0.4, 0.5) is 0 Å². The van der Waals surface area contributed by atoms with E-state index in [4.69, 9.17) is 5.73 Å². The molecule has 0 fully saturated rings. The zero-order valence-corrected chi connectivity index (χ0v) is 7.07. The molecule has 4 nitrogen and oxygen atoms in total. The predicted octanol–water partition coefficient (Wildman–Crippen LogP) is 0.930. The lowest BCUT2D eigenvalue weighted by molar-refractivity contribution is 1.11. The van der Waals surface area contributed by atoms with E-state index in [1.165, 1.54) is 0 Å². The quantitative estimate of drug-likeness (QED) is 0.711. The molecule has 0 amide bonds. The summed E-state index contributed by atoms with van der Waals surface area (Å²) >= 11 is 0. The van der Waals surface area contributed by atoms with Crippen LogP contribution < -0.4 is 5.73 Å². The first-order valence-electron chi connectivity index (χ1n) is 4.06. The fourth-order valence-electron chi connectivity index (χ4n) is 1.14. The molecule has 0 aliphatic carbocycles. The van der Waals surface area contributed by atoms with Crippen molar-refractivity contribution in [1.29, 1.82) is 0 Å². The maximum atomic E-state index is 5.34. The van der Waals surface area contributed by atoms with E-state index >= 15 is 0 Å². The van der Waals surface area contributed by atoms with Gasteiger partial charge < -0.3 is 5.73 Å². The van der Waals surface area contributed by atoms with Gasteiger partial charge in [0, 0.05) is 11.9 Å². The number of aromatic nitrogens is 3. The highest BCUT2D eigenvalue weighted by Crippen LogP contribution is 2.10. The second-order valence-electron chi connectivity index (χ2n) is 2.70. The van der Waals surface area contributed by atoms with Crippen LogP contribution in [0.15, 0.2) is 24.5 Å². The molecule has 66 valence electrons. The van der Waals surface area contributed by atoms with Gasteiger partial charge in [0.05, 0.1) is 23.6 Å². The van der Waals surface area contributed by atoms with E-state index in [0.717, 1.165) is 16.6 Å². The fourth-order valence-corrected chi connectivity index (χ4v) is 1.14. The van der Waals surface area contributed by atoms with Crippen molar-refractivity contribution >= 4 is 17.0 Å². The number of H-pyrrole nitrogens is 1. The molecule has 0 unspecified atom stereocenters. The Morgan fingerprint density at radius 1 is 1.46 bits per heavy atom. The maximum absolute atomic E-state index is 5.34. The van der Waals surface area contributed by atoms with Gasteiger partial charge in [0.2, 0.25) is 0 Å². The minimum atomic E-state index is 0.533. The molecular formula is C9H10N4. The number of nitrogens with two attached hydrogens (primary N) is 1. The van der Waals surface area contributed by atoms with Crippen molar-refractivity contribution in [2.24, 2.45) is 5.73 Å². The summed E-state index contributed by atoms with van der Waals surface area (Å²) in [6.45, 7) is 0.533. The summed E-state index contributed by atoms with van der Waals surface area (Å²) in [6.07, 6.45) is 7.30. The van der Waals surface area contributed by atoms with Gasteiger partial charge in [-0.2, -0.15) is 5.10 Å². The highest BCUT2D eigenvalue weighted by atomic mass is 15.1. The third kappa shape index (κ3) is 1.57. The monoisotopic (exact) mass is 174 g/mol. The van der Waals surface area contributed by atoms with Crippen molar-refractivity contribution in [3.05, 3.63) is 30.2 Å². The first-order chi connectivity index (χ1) is 6.40. The fraction of sp³-hybridized carbons (Fsp3) is 0.111. The molecule has 0 aromatic carbocycles. The second kappa shape index (κ2) is 3.37. The number of pyridine rings is 1. The Bertz CT molecular complexity index is 430. The summed E-state index contributed by atoms with van der Waals surface area (Å²) in [5, 5.41) is 7.81. The largest absolute Gasteiger partial charge is 0.327 e. The van der Waals surface area contributed by atoms with Crippen molar-refractivity contribution in [2.75, 3.05) is 6.54 Å². The molecule has 2 heterocycles. The summed E-state index contributed by atoms with van der Waals surface area (Å²) in [7, 11) is 0. The van der Waals surface area contributed by atoms with Crippen LogP contribution in [0.5, 0.6) is 0 Å². The van der Waals surface area contributed by atoms with E-state index in [1.807, 2.05) is 18.2 Å². The van der Waals surface area contributed by atoms with E-state index in [2.05, 4.69) is 15.2 Å². The Kier molecular flexibility index (Phi) is 2.06. The van der Waals surface area contributed by atoms with Crippen LogP contribution >= 0.6 is 0 Å². The predicted molar refractivity (Wildman–Crippen MR) is 52.0 cm³/mol. The third-order valence-electron chi connectivity index (χ3n) is 1.77. The average molecular weight is 174 g/mol. The number of fused-ring (bicyclic) bond motifs is 1. The number of nitrogens with one attached hydrogen (secondary N) is 1. The maximum Gasteiger partial charge on any atom is 0.0833 e. The average Bonchev–Trinajstić information content (AvgIpc) is 2.61. The molecule has 4 heteroatoms. The molecule has 0 radical (unpaired) electrons. The van der Waals surface area contributed by atoms with Gasteiger partial charge in [0.1, 0.15) is 0 Å². The van der Waals surface area contributed by atoms with Crippen LogP contribution in [0.2, 0.25) is 0 Å². The van der Waals surface area contributed by atoms with E-state index in [1.54, 1.807) is 12.4 Å². The smallest absolute Gasteiger partial charge is 0.0833 e. The van der Waals surface area contributed by atoms with Crippen LogP contribution in [0.1, 0.15) is 5.69 Å². The van der Waals surface area contributed by atoms with Crippen molar-refractivity contribution in [2.45, 2.75) is 0 Å². The summed E-state index contributed by atoms with van der Waals surface area (Å²) < 4.78 is 0. The lowest BCUT2D eigenvalue weighted by Gasteiger charge is -1.91. The number of rotatable bonds is 2. The molecule has 0 saturated heterocycles. The van der Waals surface area contributed by atoms with Crippen molar-refractivity contribution in [3.63, 3.8) is 0 Å². The van der Waals surface area contributed by atoms with Crippen LogP contribution in [0, 0.1) is 0 Å². The van der Waals surface area contributed by atoms with E-state index in [0.29, 0.717) is 6.54 Å². The Morgan fingerprint density at radius 3 is 3.23 bits per heavy atom. The highest BCUT2D eigenvalue weighted by molar-refractivity contribution is 5.78. The second-order valence-corrected chi connectivity index (χ2v) is 2.70. The molecule has 0 aliphatic heterocycles. The minimum absolute atomic E-state index is 0.533. The number of hydrogen-bond donors (Lipinski definition) is 2. The molecule has 0 bridgehead atoms. The third-order valence-corrected chi connectivity index (χ3v) is 1.77. The van der Waals surface area contributed by atoms with Gasteiger partial charge in [0.25, 0.3) is 0 Å². The van der Waals surface area contributed by atoms with E-state index < -0.39 is 0 Å². The van der Waals surface area contributed by atoms with Crippen LogP contribution in [-0.4, -0.2) is 21.7 Å². The van der Waals surface area contributed by atoms with Crippen LogP contribution in [-0.2, 0) is 0 Å². The van der Waals surface area contributed by atoms with Gasteiger partial charge in [-0.25, -0.2) is 0 Å². The Labute approximate surface area is 75.5 Å². The molecule has 2 rings (SSSR count). The van der Waals surface area contributed by atoms with Crippen molar-refractivity contribution < 1.29 is 0 Å². The van der Waals surface area contributed by atoms with Gasteiger partial charge in [-0.05, 0) is 12.1 Å². The normalized spacial score (nSPS) is 11.5. The molecule has 3 N–H and O–H groups in total. The SMILES string of the molecule is NCC=Cc1cc2cn[nH]c2cn1. The summed E-state index contributed by atoms with van der Waals surface area (Å²) in [4.78, 5) is 4.20. The highest BCUT2D eigenvalue weighted by Gasteiger charge is 1.95.